The van der Waals surface area contributed by atoms with Crippen molar-refractivity contribution in [2.24, 2.45) is 5.84 Å². The second-order valence-electron chi connectivity index (χ2n) is 4.70. The van der Waals surface area contributed by atoms with Gasteiger partial charge < -0.3 is 9.47 Å². The summed E-state index contributed by atoms with van der Waals surface area (Å²) in [6.07, 6.45) is 4.58. The van der Waals surface area contributed by atoms with Crippen LogP contribution in [-0.4, -0.2) is 24.0 Å². The Kier molecular flexibility index (Phi) is 5.19. The van der Waals surface area contributed by atoms with Crippen molar-refractivity contribution in [3.05, 3.63) is 41.7 Å². The number of nitrogens with two attached hydrogens (primary N) is 1. The molecule has 0 spiro atoms. The molecule has 0 radical (unpaired) electrons. The summed E-state index contributed by atoms with van der Waals surface area (Å²) >= 11 is 0. The molecule has 114 valence electrons. The van der Waals surface area contributed by atoms with E-state index >= 15 is 0 Å². The van der Waals surface area contributed by atoms with Crippen LogP contribution in [0.4, 0.5) is 0 Å². The molecule has 1 aromatic heterocycles. The predicted octanol–water partition coefficient (Wildman–Crippen LogP) is 1.67. The summed E-state index contributed by atoms with van der Waals surface area (Å²) in [6.45, 7) is 2.90. The summed E-state index contributed by atoms with van der Waals surface area (Å²) in [6, 6.07) is 5.57. The van der Waals surface area contributed by atoms with Crippen LogP contribution in [0.25, 0.3) is 0 Å². The molecule has 1 unspecified atom stereocenters. The normalized spacial score (nSPS) is 12.2. The monoisotopic (exact) mass is 290 g/mol. The molecule has 6 heteroatoms. The van der Waals surface area contributed by atoms with Gasteiger partial charge >= 0.3 is 0 Å². The number of hydrogen-bond donors (Lipinski definition) is 2. The largest absolute Gasteiger partial charge is 0.496 e. The minimum absolute atomic E-state index is 0.120. The van der Waals surface area contributed by atoms with Crippen LogP contribution >= 0.6 is 0 Å². The highest BCUT2D eigenvalue weighted by Gasteiger charge is 2.20. The van der Waals surface area contributed by atoms with E-state index in [2.05, 4.69) is 17.4 Å². The molecule has 1 heterocycles. The van der Waals surface area contributed by atoms with Crippen LogP contribution in [0.5, 0.6) is 11.5 Å². The molecule has 2 aromatic rings. The molecule has 6 nitrogen and oxygen atoms in total. The van der Waals surface area contributed by atoms with Crippen molar-refractivity contribution in [1.82, 2.24) is 15.2 Å². The SMILES string of the molecule is CCn1cc(CC(NN)c2c(OC)cccc2OC)cn1. The first-order valence-corrected chi connectivity index (χ1v) is 6.91. The quantitative estimate of drug-likeness (QED) is 0.599. The zero-order valence-corrected chi connectivity index (χ0v) is 12.7. The standard InChI is InChI=1S/C15H22N4O2/c1-4-19-10-11(9-17-19)8-12(18-16)15-13(20-2)6-5-7-14(15)21-3/h5-7,9-10,12,18H,4,8,16H2,1-3H3. The van der Waals surface area contributed by atoms with E-state index < -0.39 is 0 Å². The number of hydrazine groups is 1. The number of benzene rings is 1. The van der Waals surface area contributed by atoms with Crippen LogP contribution in [0, 0.1) is 0 Å². The lowest BCUT2D eigenvalue weighted by molar-refractivity contribution is 0.370. The lowest BCUT2D eigenvalue weighted by Crippen LogP contribution is -2.30. The molecule has 0 aliphatic rings. The van der Waals surface area contributed by atoms with Crippen molar-refractivity contribution < 1.29 is 9.47 Å². The zero-order valence-electron chi connectivity index (χ0n) is 12.7. The van der Waals surface area contributed by atoms with Gasteiger partial charge in [-0.1, -0.05) is 6.07 Å². The van der Waals surface area contributed by atoms with Crippen molar-refractivity contribution in [2.75, 3.05) is 14.2 Å². The van der Waals surface area contributed by atoms with Crippen LogP contribution in [0.2, 0.25) is 0 Å². The first-order valence-electron chi connectivity index (χ1n) is 6.91. The van der Waals surface area contributed by atoms with Crippen LogP contribution < -0.4 is 20.7 Å². The Morgan fingerprint density at radius 1 is 1.29 bits per heavy atom. The minimum atomic E-state index is -0.120. The van der Waals surface area contributed by atoms with Gasteiger partial charge in [0, 0.05) is 12.7 Å². The molecule has 0 saturated carbocycles. The van der Waals surface area contributed by atoms with Gasteiger partial charge in [0.05, 0.1) is 32.0 Å². The Balaban J connectivity index is 2.32. The number of rotatable bonds is 7. The summed E-state index contributed by atoms with van der Waals surface area (Å²) in [5.41, 5.74) is 4.86. The molecule has 0 bridgehead atoms. The van der Waals surface area contributed by atoms with Crippen molar-refractivity contribution >= 4 is 0 Å². The molecular formula is C15H22N4O2. The third-order valence-corrected chi connectivity index (χ3v) is 3.47. The van der Waals surface area contributed by atoms with Crippen molar-refractivity contribution in [2.45, 2.75) is 25.9 Å². The first-order chi connectivity index (χ1) is 10.2. The molecule has 1 aromatic carbocycles. The third kappa shape index (κ3) is 3.34. The fourth-order valence-electron chi connectivity index (χ4n) is 2.39. The van der Waals surface area contributed by atoms with Gasteiger partial charge in [-0.3, -0.25) is 16.0 Å². The smallest absolute Gasteiger partial charge is 0.127 e. The summed E-state index contributed by atoms with van der Waals surface area (Å²) in [5, 5.41) is 4.29. The molecule has 0 aliphatic heterocycles. The highest BCUT2D eigenvalue weighted by molar-refractivity contribution is 5.47. The maximum absolute atomic E-state index is 5.75. The number of hydrogen-bond acceptors (Lipinski definition) is 5. The molecule has 3 N–H and O–H groups in total. The Morgan fingerprint density at radius 2 is 1.95 bits per heavy atom. The van der Waals surface area contributed by atoms with E-state index in [1.807, 2.05) is 35.3 Å². The van der Waals surface area contributed by atoms with Crippen LogP contribution in [-0.2, 0) is 13.0 Å². The maximum Gasteiger partial charge on any atom is 0.127 e. The van der Waals surface area contributed by atoms with E-state index in [-0.39, 0.29) is 6.04 Å². The van der Waals surface area contributed by atoms with Gasteiger partial charge in [0.15, 0.2) is 0 Å². The minimum Gasteiger partial charge on any atom is -0.496 e. The summed E-state index contributed by atoms with van der Waals surface area (Å²) in [5.74, 6) is 7.25. The lowest BCUT2D eigenvalue weighted by atomic mass is 9.99. The van der Waals surface area contributed by atoms with Crippen LogP contribution in [0.15, 0.2) is 30.6 Å². The maximum atomic E-state index is 5.75. The van der Waals surface area contributed by atoms with Gasteiger partial charge in [-0.15, -0.1) is 0 Å². The van der Waals surface area contributed by atoms with Crippen LogP contribution in [0.1, 0.15) is 24.1 Å². The second kappa shape index (κ2) is 7.10. The van der Waals surface area contributed by atoms with Gasteiger partial charge in [0.2, 0.25) is 0 Å². The molecule has 2 rings (SSSR count). The molecule has 0 aliphatic carbocycles. The highest BCUT2D eigenvalue weighted by atomic mass is 16.5. The Bertz CT molecular complexity index is 561. The number of nitrogens with one attached hydrogen (secondary N) is 1. The molecular weight excluding hydrogens is 268 g/mol. The molecule has 1 atom stereocenters. The van der Waals surface area contributed by atoms with E-state index in [0.717, 1.165) is 29.2 Å². The average molecular weight is 290 g/mol. The summed E-state index contributed by atoms with van der Waals surface area (Å²) < 4.78 is 12.8. The molecule has 21 heavy (non-hydrogen) atoms. The number of ether oxygens (including phenoxy) is 2. The molecule has 0 fully saturated rings. The van der Waals surface area contributed by atoms with Crippen molar-refractivity contribution in [3.63, 3.8) is 0 Å². The van der Waals surface area contributed by atoms with E-state index in [0.29, 0.717) is 6.42 Å². The summed E-state index contributed by atoms with van der Waals surface area (Å²) in [4.78, 5) is 0. The van der Waals surface area contributed by atoms with Crippen molar-refractivity contribution in [1.29, 1.82) is 0 Å². The van der Waals surface area contributed by atoms with E-state index in [1.54, 1.807) is 14.2 Å². The van der Waals surface area contributed by atoms with Gasteiger partial charge in [-0.25, -0.2) is 0 Å². The van der Waals surface area contributed by atoms with Crippen LogP contribution in [0.3, 0.4) is 0 Å². The molecule has 0 amide bonds. The Hall–Kier alpha value is -2.05. The highest BCUT2D eigenvalue weighted by Crippen LogP contribution is 2.35. The fraction of sp³-hybridized carbons (Fsp3) is 0.400. The first kappa shape index (κ1) is 15.3. The average Bonchev–Trinajstić information content (AvgIpc) is 2.99. The zero-order chi connectivity index (χ0) is 15.2. The Labute approximate surface area is 124 Å². The second-order valence-corrected chi connectivity index (χ2v) is 4.70. The predicted molar refractivity (Wildman–Crippen MR) is 81.2 cm³/mol. The van der Waals surface area contributed by atoms with E-state index in [1.165, 1.54) is 0 Å². The molecule has 0 saturated heterocycles. The van der Waals surface area contributed by atoms with E-state index in [9.17, 15) is 0 Å². The Morgan fingerprint density at radius 3 is 2.43 bits per heavy atom. The fourth-order valence-corrected chi connectivity index (χ4v) is 2.39. The topological polar surface area (TPSA) is 74.3 Å². The van der Waals surface area contributed by atoms with Gasteiger partial charge in [0.25, 0.3) is 0 Å². The van der Waals surface area contributed by atoms with Gasteiger partial charge in [-0.2, -0.15) is 5.10 Å². The van der Waals surface area contributed by atoms with Crippen molar-refractivity contribution in [3.8, 4) is 11.5 Å². The summed E-state index contributed by atoms with van der Waals surface area (Å²) in [7, 11) is 3.28. The number of nitrogens with zero attached hydrogens (tertiary/aromatic N) is 2. The van der Waals surface area contributed by atoms with Gasteiger partial charge in [-0.05, 0) is 31.0 Å². The lowest BCUT2D eigenvalue weighted by Gasteiger charge is -2.21. The number of methoxy groups -OCH3 is 2. The van der Waals surface area contributed by atoms with E-state index in [4.69, 9.17) is 15.3 Å². The number of aromatic nitrogens is 2. The third-order valence-electron chi connectivity index (χ3n) is 3.47. The van der Waals surface area contributed by atoms with Gasteiger partial charge in [0.1, 0.15) is 11.5 Å². The number of aryl methyl sites for hydroxylation is 1.